The molecule has 6 heteroatoms. The Balaban J connectivity index is 1.50. The summed E-state index contributed by atoms with van der Waals surface area (Å²) in [7, 11) is 0. The van der Waals surface area contributed by atoms with E-state index < -0.39 is 0 Å². The summed E-state index contributed by atoms with van der Waals surface area (Å²) in [6, 6.07) is 7.37. The van der Waals surface area contributed by atoms with Gasteiger partial charge in [0.15, 0.2) is 5.13 Å². The topological polar surface area (TPSA) is 28.6 Å². The Labute approximate surface area is 152 Å². The van der Waals surface area contributed by atoms with E-state index >= 15 is 0 Å². The summed E-state index contributed by atoms with van der Waals surface area (Å²) < 4.78 is 19.0. The van der Waals surface area contributed by atoms with E-state index in [9.17, 15) is 4.39 Å². The van der Waals surface area contributed by atoms with E-state index in [0.717, 1.165) is 68.6 Å². The summed E-state index contributed by atoms with van der Waals surface area (Å²) in [6.07, 6.45) is 2.26. The number of rotatable bonds is 4. The van der Waals surface area contributed by atoms with Gasteiger partial charge in [-0.3, -0.25) is 4.90 Å². The van der Waals surface area contributed by atoms with Crippen molar-refractivity contribution in [3.63, 3.8) is 0 Å². The van der Waals surface area contributed by atoms with Crippen molar-refractivity contribution in [3.8, 4) is 0 Å². The zero-order valence-corrected chi connectivity index (χ0v) is 15.4. The molecule has 2 aliphatic heterocycles. The number of anilines is 1. The average Bonchev–Trinajstić information content (AvgIpc) is 3.23. The molecule has 0 N–H and O–H groups in total. The van der Waals surface area contributed by atoms with Crippen LogP contribution < -0.4 is 4.90 Å². The highest BCUT2D eigenvalue weighted by atomic mass is 32.1. The van der Waals surface area contributed by atoms with E-state index in [4.69, 9.17) is 9.72 Å². The molecule has 2 saturated heterocycles. The van der Waals surface area contributed by atoms with Crippen LogP contribution in [-0.4, -0.2) is 42.7 Å². The largest absolute Gasteiger partial charge is 0.378 e. The average molecular weight is 361 g/mol. The molecule has 2 fully saturated rings. The lowest BCUT2D eigenvalue weighted by molar-refractivity contribution is 0.122. The monoisotopic (exact) mass is 361 g/mol. The van der Waals surface area contributed by atoms with Crippen LogP contribution in [0, 0.1) is 12.7 Å². The van der Waals surface area contributed by atoms with E-state index in [1.165, 1.54) is 10.9 Å². The van der Waals surface area contributed by atoms with Gasteiger partial charge in [-0.15, -0.1) is 11.3 Å². The minimum Gasteiger partial charge on any atom is -0.378 e. The summed E-state index contributed by atoms with van der Waals surface area (Å²) in [6.45, 7) is 7.46. The van der Waals surface area contributed by atoms with Gasteiger partial charge >= 0.3 is 0 Å². The molecule has 0 radical (unpaired) electrons. The zero-order valence-electron chi connectivity index (χ0n) is 14.6. The fourth-order valence-corrected chi connectivity index (χ4v) is 4.88. The van der Waals surface area contributed by atoms with Crippen LogP contribution in [-0.2, 0) is 11.3 Å². The molecule has 0 amide bonds. The molecule has 134 valence electrons. The van der Waals surface area contributed by atoms with Crippen molar-refractivity contribution in [3.05, 3.63) is 46.2 Å². The first kappa shape index (κ1) is 16.9. The van der Waals surface area contributed by atoms with Gasteiger partial charge in [-0.1, -0.05) is 12.1 Å². The number of aryl methyl sites for hydroxylation is 1. The maximum absolute atomic E-state index is 13.6. The SMILES string of the molecule is Cc1nc(N2CCOCC2)sc1CN1CCC[C@H]1c1cccc(F)c1. The molecule has 0 spiro atoms. The van der Waals surface area contributed by atoms with Gasteiger partial charge < -0.3 is 9.64 Å². The third kappa shape index (κ3) is 3.71. The number of ether oxygens (including phenoxy) is 1. The Hall–Kier alpha value is -1.50. The number of nitrogens with zero attached hydrogens (tertiary/aromatic N) is 3. The minimum atomic E-state index is -0.145. The second-order valence-corrected chi connectivity index (χ2v) is 7.85. The number of benzene rings is 1. The number of likely N-dealkylation sites (tertiary alicyclic amines) is 1. The van der Waals surface area contributed by atoms with Gasteiger partial charge in [0.25, 0.3) is 0 Å². The van der Waals surface area contributed by atoms with Crippen molar-refractivity contribution in [2.75, 3.05) is 37.7 Å². The third-order valence-corrected chi connectivity index (χ3v) is 6.31. The molecule has 1 atom stereocenters. The Kier molecular flexibility index (Phi) is 5.01. The highest BCUT2D eigenvalue weighted by Gasteiger charge is 2.28. The van der Waals surface area contributed by atoms with Gasteiger partial charge in [0.1, 0.15) is 5.82 Å². The number of morpholine rings is 1. The molecule has 0 saturated carbocycles. The van der Waals surface area contributed by atoms with E-state index in [2.05, 4.69) is 16.7 Å². The van der Waals surface area contributed by atoms with Crippen molar-refractivity contribution in [1.29, 1.82) is 0 Å². The molecule has 0 unspecified atom stereocenters. The molecule has 25 heavy (non-hydrogen) atoms. The van der Waals surface area contributed by atoms with Crippen molar-refractivity contribution in [1.82, 2.24) is 9.88 Å². The normalized spacial score (nSPS) is 21.8. The molecule has 3 heterocycles. The van der Waals surface area contributed by atoms with Crippen LogP contribution in [0.1, 0.15) is 35.0 Å². The third-order valence-electron chi connectivity index (χ3n) is 5.11. The number of halogens is 1. The van der Waals surface area contributed by atoms with E-state index in [1.54, 1.807) is 17.4 Å². The molecular formula is C19H24FN3OS. The van der Waals surface area contributed by atoms with Crippen molar-refractivity contribution in [2.45, 2.75) is 32.4 Å². The molecule has 2 aromatic rings. The van der Waals surface area contributed by atoms with Gasteiger partial charge in [-0.25, -0.2) is 9.37 Å². The zero-order chi connectivity index (χ0) is 17.2. The Morgan fingerprint density at radius 1 is 1.28 bits per heavy atom. The summed E-state index contributed by atoms with van der Waals surface area (Å²) in [4.78, 5) is 10.9. The first-order chi connectivity index (χ1) is 12.2. The molecule has 2 aliphatic rings. The van der Waals surface area contributed by atoms with Gasteiger partial charge in [0.2, 0.25) is 0 Å². The predicted molar refractivity (Wildman–Crippen MR) is 98.7 cm³/mol. The van der Waals surface area contributed by atoms with Crippen molar-refractivity contribution in [2.24, 2.45) is 0 Å². The van der Waals surface area contributed by atoms with E-state index in [-0.39, 0.29) is 5.82 Å². The second kappa shape index (κ2) is 7.40. The molecule has 0 bridgehead atoms. The lowest BCUT2D eigenvalue weighted by Crippen LogP contribution is -2.36. The van der Waals surface area contributed by atoms with E-state index in [1.807, 2.05) is 12.1 Å². The lowest BCUT2D eigenvalue weighted by atomic mass is 10.0. The quantitative estimate of drug-likeness (QED) is 0.829. The maximum atomic E-state index is 13.6. The van der Waals surface area contributed by atoms with Crippen molar-refractivity contribution < 1.29 is 9.13 Å². The highest BCUT2D eigenvalue weighted by molar-refractivity contribution is 7.15. The molecule has 4 nitrogen and oxygen atoms in total. The van der Waals surface area contributed by atoms with Gasteiger partial charge in [-0.2, -0.15) is 0 Å². The summed E-state index contributed by atoms with van der Waals surface area (Å²) in [5.74, 6) is -0.145. The first-order valence-electron chi connectivity index (χ1n) is 8.99. The number of hydrogen-bond donors (Lipinski definition) is 0. The fraction of sp³-hybridized carbons (Fsp3) is 0.526. The molecular weight excluding hydrogens is 337 g/mol. The molecule has 1 aromatic carbocycles. The number of thiazole rings is 1. The summed E-state index contributed by atoms with van der Waals surface area (Å²) >= 11 is 1.80. The highest BCUT2D eigenvalue weighted by Crippen LogP contribution is 2.36. The Morgan fingerprint density at radius 3 is 2.92 bits per heavy atom. The minimum absolute atomic E-state index is 0.145. The fourth-order valence-electron chi connectivity index (χ4n) is 3.74. The maximum Gasteiger partial charge on any atom is 0.185 e. The Morgan fingerprint density at radius 2 is 2.12 bits per heavy atom. The van der Waals surface area contributed by atoms with Gasteiger partial charge in [0, 0.05) is 30.6 Å². The summed E-state index contributed by atoms with van der Waals surface area (Å²) in [5, 5.41) is 1.11. The summed E-state index contributed by atoms with van der Waals surface area (Å²) in [5.41, 5.74) is 2.21. The van der Waals surface area contributed by atoms with Crippen LogP contribution in [0.2, 0.25) is 0 Å². The predicted octanol–water partition coefficient (Wildman–Crippen LogP) is 3.76. The lowest BCUT2D eigenvalue weighted by Gasteiger charge is -2.26. The van der Waals surface area contributed by atoms with Gasteiger partial charge in [-0.05, 0) is 44.0 Å². The molecule has 1 aromatic heterocycles. The second-order valence-electron chi connectivity index (χ2n) is 6.79. The number of hydrogen-bond acceptors (Lipinski definition) is 5. The molecule has 0 aliphatic carbocycles. The smallest absolute Gasteiger partial charge is 0.185 e. The molecule has 4 rings (SSSR count). The van der Waals surface area contributed by atoms with Crippen LogP contribution in [0.5, 0.6) is 0 Å². The van der Waals surface area contributed by atoms with Crippen LogP contribution >= 0.6 is 11.3 Å². The van der Waals surface area contributed by atoms with Crippen LogP contribution in [0.15, 0.2) is 24.3 Å². The Bertz CT molecular complexity index is 729. The van der Waals surface area contributed by atoms with Crippen LogP contribution in [0.25, 0.3) is 0 Å². The van der Waals surface area contributed by atoms with Crippen LogP contribution in [0.4, 0.5) is 9.52 Å². The first-order valence-corrected chi connectivity index (χ1v) is 9.81. The standard InChI is InChI=1S/C19H24FN3OS/c1-14-18(25-19(21-14)22-8-10-24-11-9-22)13-23-7-3-6-17(23)15-4-2-5-16(20)12-15/h2,4-5,12,17H,3,6-11,13H2,1H3/t17-/m0/s1. The van der Waals surface area contributed by atoms with E-state index in [0.29, 0.717) is 6.04 Å². The van der Waals surface area contributed by atoms with Gasteiger partial charge in [0.05, 0.1) is 18.9 Å². The van der Waals surface area contributed by atoms with Crippen molar-refractivity contribution >= 4 is 16.5 Å². The van der Waals surface area contributed by atoms with Crippen LogP contribution in [0.3, 0.4) is 0 Å². The number of aromatic nitrogens is 1.